The van der Waals surface area contributed by atoms with Crippen LogP contribution in [0.4, 0.5) is 0 Å². The molecule has 5 aromatic rings. The van der Waals surface area contributed by atoms with Gasteiger partial charge in [0.15, 0.2) is 10.6 Å². The summed E-state index contributed by atoms with van der Waals surface area (Å²) in [5.41, 5.74) is 3.76. The Morgan fingerprint density at radius 2 is 2.00 bits per heavy atom. The van der Waals surface area contributed by atoms with Gasteiger partial charge in [0.25, 0.3) is 0 Å². The maximum atomic E-state index is 13.1. The third-order valence-corrected chi connectivity index (χ3v) is 6.19. The molecule has 1 atom stereocenters. The first-order valence-electron chi connectivity index (χ1n) is 9.65. The van der Waals surface area contributed by atoms with E-state index in [-0.39, 0.29) is 18.5 Å². The van der Waals surface area contributed by atoms with Gasteiger partial charge in [0.05, 0.1) is 28.3 Å². The number of imidazole rings is 1. The van der Waals surface area contributed by atoms with E-state index in [0.29, 0.717) is 10.6 Å². The van der Waals surface area contributed by atoms with Crippen LogP contribution in [-0.4, -0.2) is 30.6 Å². The Morgan fingerprint density at radius 1 is 1.13 bits per heavy atom. The molecule has 0 aliphatic carbocycles. The number of carbonyl (C=O) groups excluding carboxylic acids is 1. The molecule has 31 heavy (non-hydrogen) atoms. The number of amides is 1. The van der Waals surface area contributed by atoms with Crippen molar-refractivity contribution in [3.63, 3.8) is 0 Å². The monoisotopic (exact) mass is 446 g/mol. The van der Waals surface area contributed by atoms with Crippen LogP contribution in [0.1, 0.15) is 17.2 Å². The maximum Gasteiger partial charge on any atom is 0.240 e. The highest BCUT2D eigenvalue weighted by Crippen LogP contribution is 2.26. The molecule has 0 fully saturated rings. The van der Waals surface area contributed by atoms with Gasteiger partial charge in [0, 0.05) is 0 Å². The quantitative estimate of drug-likeness (QED) is 0.336. The SMILES string of the molecule is O=C(Cn1c(-c2cccs2)n[nH]c1=S)NC(c1ccccc1)c1ccc2nc[nH]c2c1. The number of thiophene rings is 1. The zero-order chi connectivity index (χ0) is 21.2. The second-order valence-electron chi connectivity index (χ2n) is 7.01. The Kier molecular flexibility index (Phi) is 5.19. The number of aromatic nitrogens is 5. The molecule has 0 bridgehead atoms. The fourth-order valence-corrected chi connectivity index (χ4v) is 4.46. The maximum absolute atomic E-state index is 13.1. The van der Waals surface area contributed by atoms with E-state index in [1.54, 1.807) is 22.2 Å². The van der Waals surface area contributed by atoms with Gasteiger partial charge in [-0.25, -0.2) is 4.98 Å². The number of H-pyrrole nitrogens is 2. The normalized spacial score (nSPS) is 12.1. The van der Waals surface area contributed by atoms with Crippen molar-refractivity contribution in [2.45, 2.75) is 12.6 Å². The summed E-state index contributed by atoms with van der Waals surface area (Å²) in [5.74, 6) is 0.499. The Morgan fingerprint density at radius 3 is 2.81 bits per heavy atom. The number of nitrogens with one attached hydrogen (secondary N) is 3. The van der Waals surface area contributed by atoms with Crippen molar-refractivity contribution in [2.24, 2.45) is 0 Å². The molecule has 0 saturated heterocycles. The average molecular weight is 447 g/mol. The first-order valence-corrected chi connectivity index (χ1v) is 10.9. The number of fused-ring (bicyclic) bond motifs is 1. The second kappa shape index (κ2) is 8.29. The molecule has 0 aliphatic heterocycles. The van der Waals surface area contributed by atoms with Gasteiger partial charge in [-0.2, -0.15) is 5.10 Å². The van der Waals surface area contributed by atoms with E-state index in [1.165, 1.54) is 0 Å². The van der Waals surface area contributed by atoms with E-state index in [0.717, 1.165) is 27.0 Å². The van der Waals surface area contributed by atoms with Crippen LogP contribution in [-0.2, 0) is 11.3 Å². The van der Waals surface area contributed by atoms with Gasteiger partial charge in [-0.05, 0) is 46.9 Å². The van der Waals surface area contributed by atoms with Gasteiger partial charge in [-0.1, -0.05) is 42.5 Å². The van der Waals surface area contributed by atoms with Crippen molar-refractivity contribution in [1.82, 2.24) is 30.0 Å². The van der Waals surface area contributed by atoms with Crippen LogP contribution in [0.25, 0.3) is 21.7 Å². The topological polar surface area (TPSA) is 91.4 Å². The molecular formula is C22H18N6OS2. The van der Waals surface area contributed by atoms with Crippen LogP contribution < -0.4 is 5.32 Å². The van der Waals surface area contributed by atoms with Gasteiger partial charge in [-0.3, -0.25) is 14.5 Å². The highest BCUT2D eigenvalue weighted by Gasteiger charge is 2.20. The van der Waals surface area contributed by atoms with Gasteiger partial charge in [0.1, 0.15) is 6.54 Å². The Balaban J connectivity index is 1.46. The summed E-state index contributed by atoms with van der Waals surface area (Å²) in [6.07, 6.45) is 1.66. The second-order valence-corrected chi connectivity index (χ2v) is 8.34. The number of hydrogen-bond acceptors (Lipinski definition) is 5. The predicted molar refractivity (Wildman–Crippen MR) is 123 cm³/mol. The number of carbonyl (C=O) groups is 1. The van der Waals surface area contributed by atoms with Gasteiger partial charge in [-0.15, -0.1) is 11.3 Å². The molecule has 3 heterocycles. The lowest BCUT2D eigenvalue weighted by molar-refractivity contribution is -0.122. The summed E-state index contributed by atoms with van der Waals surface area (Å²) in [7, 11) is 0. The Labute approximate surface area is 186 Å². The lowest BCUT2D eigenvalue weighted by Crippen LogP contribution is -2.32. The molecule has 0 radical (unpaired) electrons. The van der Waals surface area contributed by atoms with Crippen LogP contribution in [0.5, 0.6) is 0 Å². The van der Waals surface area contributed by atoms with Crippen molar-refractivity contribution in [1.29, 1.82) is 0 Å². The van der Waals surface area contributed by atoms with Crippen molar-refractivity contribution < 1.29 is 4.79 Å². The van der Waals surface area contributed by atoms with E-state index < -0.39 is 0 Å². The fraction of sp³-hybridized carbons (Fsp3) is 0.0909. The summed E-state index contributed by atoms with van der Waals surface area (Å²) < 4.78 is 2.13. The van der Waals surface area contributed by atoms with Crippen LogP contribution in [0.15, 0.2) is 72.4 Å². The van der Waals surface area contributed by atoms with E-state index >= 15 is 0 Å². The molecular weight excluding hydrogens is 428 g/mol. The first-order chi connectivity index (χ1) is 15.2. The molecule has 3 aromatic heterocycles. The summed E-state index contributed by atoms with van der Waals surface area (Å²) in [5, 5.41) is 12.2. The average Bonchev–Trinajstić information content (AvgIpc) is 3.54. The van der Waals surface area contributed by atoms with Crippen LogP contribution in [0, 0.1) is 4.77 Å². The highest BCUT2D eigenvalue weighted by molar-refractivity contribution is 7.71. The third-order valence-electron chi connectivity index (χ3n) is 5.02. The number of rotatable bonds is 6. The molecule has 0 saturated carbocycles. The van der Waals surface area contributed by atoms with E-state index in [4.69, 9.17) is 12.2 Å². The minimum Gasteiger partial charge on any atom is -0.345 e. The van der Waals surface area contributed by atoms with Gasteiger partial charge < -0.3 is 10.3 Å². The minimum atomic E-state index is -0.312. The fourth-order valence-electron chi connectivity index (χ4n) is 3.55. The van der Waals surface area contributed by atoms with Gasteiger partial charge >= 0.3 is 0 Å². The lowest BCUT2D eigenvalue weighted by atomic mass is 9.98. The van der Waals surface area contributed by atoms with E-state index in [9.17, 15) is 4.79 Å². The van der Waals surface area contributed by atoms with E-state index in [1.807, 2.05) is 66.0 Å². The Bertz CT molecular complexity index is 1380. The number of nitrogens with zero attached hydrogens (tertiary/aromatic N) is 3. The van der Waals surface area contributed by atoms with Crippen LogP contribution >= 0.6 is 23.6 Å². The Hall–Kier alpha value is -3.56. The molecule has 5 rings (SSSR count). The molecule has 7 nitrogen and oxygen atoms in total. The number of benzene rings is 2. The van der Waals surface area contributed by atoms with Crippen molar-refractivity contribution >= 4 is 40.5 Å². The predicted octanol–water partition coefficient (Wildman–Crippen LogP) is 4.45. The van der Waals surface area contributed by atoms with Crippen molar-refractivity contribution in [3.8, 4) is 10.7 Å². The molecule has 9 heteroatoms. The molecule has 0 aliphatic rings. The van der Waals surface area contributed by atoms with Crippen LogP contribution in [0.3, 0.4) is 0 Å². The van der Waals surface area contributed by atoms with Crippen molar-refractivity contribution in [2.75, 3.05) is 0 Å². The van der Waals surface area contributed by atoms with Crippen molar-refractivity contribution in [3.05, 3.63) is 88.3 Å². The standard InChI is InChI=1S/C22H18N6OS2/c29-19(12-28-21(26-27-22(28)30)18-7-4-10-31-18)25-20(14-5-2-1-3-6-14)15-8-9-16-17(11-15)24-13-23-16/h1-11,13,20H,12H2,(H,23,24)(H,25,29)(H,27,30). The lowest BCUT2D eigenvalue weighted by Gasteiger charge is -2.20. The molecule has 1 amide bonds. The smallest absolute Gasteiger partial charge is 0.240 e. The zero-order valence-corrected chi connectivity index (χ0v) is 17.9. The molecule has 2 aromatic carbocycles. The molecule has 154 valence electrons. The summed E-state index contributed by atoms with van der Waals surface area (Å²) in [4.78, 5) is 21.5. The van der Waals surface area contributed by atoms with E-state index in [2.05, 4.69) is 25.5 Å². The van der Waals surface area contributed by atoms with Crippen LogP contribution in [0.2, 0.25) is 0 Å². The molecule has 3 N–H and O–H groups in total. The summed E-state index contributed by atoms with van der Waals surface area (Å²) >= 11 is 6.92. The number of hydrogen-bond donors (Lipinski definition) is 3. The zero-order valence-electron chi connectivity index (χ0n) is 16.3. The molecule has 1 unspecified atom stereocenters. The first kappa shape index (κ1) is 19.4. The summed E-state index contributed by atoms with van der Waals surface area (Å²) in [6.45, 7) is 0.0677. The third kappa shape index (κ3) is 3.92. The molecule has 0 spiro atoms. The van der Waals surface area contributed by atoms with Gasteiger partial charge in [0.2, 0.25) is 5.91 Å². The summed E-state index contributed by atoms with van der Waals surface area (Å²) in [6, 6.07) is 19.4. The minimum absolute atomic E-state index is 0.0677. The number of aromatic amines is 2. The largest absolute Gasteiger partial charge is 0.345 e. The highest BCUT2D eigenvalue weighted by atomic mass is 32.1.